The van der Waals surface area contributed by atoms with Gasteiger partial charge in [0.05, 0.1) is 0 Å². The molecule has 0 spiro atoms. The molecule has 3 aromatic rings. The van der Waals surface area contributed by atoms with Crippen LogP contribution < -0.4 is 0 Å². The third-order valence-corrected chi connectivity index (χ3v) is 4.00. The summed E-state index contributed by atoms with van der Waals surface area (Å²) < 4.78 is 26.4. The maximum absolute atomic E-state index is 13.2. The highest BCUT2D eigenvalue weighted by Crippen LogP contribution is 2.14. The Morgan fingerprint density at radius 3 is 1.11 bits per heavy atom. The van der Waals surface area contributed by atoms with Crippen LogP contribution in [-0.4, -0.2) is 23.1 Å². The van der Waals surface area contributed by atoms with E-state index in [1.807, 2.05) is 0 Å². The number of rotatable bonds is 6. The number of hydrogen-bond donors (Lipinski definition) is 0. The predicted octanol–water partition coefficient (Wildman–Crippen LogP) is 4.10. The third kappa shape index (κ3) is 3.96. The average Bonchev–Trinajstić information content (AvgIpc) is 2.71. The van der Waals surface area contributed by atoms with Gasteiger partial charge >= 0.3 is 0 Å². The molecule has 6 heteroatoms. The summed E-state index contributed by atoms with van der Waals surface area (Å²) in [6, 6.07) is 14.4. The molecule has 0 aliphatic heterocycles. The fourth-order valence-electron chi connectivity index (χ4n) is 2.56. The first kappa shape index (κ1) is 19.0. The summed E-state index contributed by atoms with van der Waals surface area (Å²) in [6.07, 6.45) is 0. The molecule has 0 unspecified atom stereocenters. The Balaban J connectivity index is 1.79. The Morgan fingerprint density at radius 1 is 0.464 bits per heavy atom. The van der Waals surface area contributed by atoms with Crippen molar-refractivity contribution >= 4 is 23.1 Å². The van der Waals surface area contributed by atoms with E-state index in [2.05, 4.69) is 0 Å². The van der Waals surface area contributed by atoms with Crippen molar-refractivity contribution in [3.8, 4) is 0 Å². The van der Waals surface area contributed by atoms with Crippen LogP contribution in [0.1, 0.15) is 41.4 Å². The van der Waals surface area contributed by atoms with Crippen molar-refractivity contribution in [1.29, 1.82) is 0 Å². The van der Waals surface area contributed by atoms with Crippen molar-refractivity contribution in [2.75, 3.05) is 0 Å². The molecule has 3 aromatic carbocycles. The van der Waals surface area contributed by atoms with Crippen LogP contribution in [0.4, 0.5) is 8.78 Å². The highest BCUT2D eigenvalue weighted by molar-refractivity contribution is 6.50. The van der Waals surface area contributed by atoms with E-state index < -0.39 is 34.8 Å². The normalized spacial score (nSPS) is 10.4. The van der Waals surface area contributed by atoms with Gasteiger partial charge in [-0.1, -0.05) is 48.5 Å². The molecule has 0 aliphatic rings. The van der Waals surface area contributed by atoms with Gasteiger partial charge in [-0.05, 0) is 24.3 Å². The summed E-state index contributed by atoms with van der Waals surface area (Å²) in [6.45, 7) is 0. The van der Waals surface area contributed by atoms with E-state index in [0.717, 1.165) is 24.3 Å². The molecule has 0 radical (unpaired) electrons. The first-order valence-corrected chi connectivity index (χ1v) is 8.16. The Kier molecular flexibility index (Phi) is 5.31. The van der Waals surface area contributed by atoms with Crippen LogP contribution in [0.3, 0.4) is 0 Å². The molecule has 0 bridgehead atoms. The van der Waals surface area contributed by atoms with E-state index in [4.69, 9.17) is 0 Å². The van der Waals surface area contributed by atoms with Crippen LogP contribution >= 0.6 is 0 Å². The Morgan fingerprint density at radius 2 is 0.786 bits per heavy atom. The molecule has 0 aromatic heterocycles. The van der Waals surface area contributed by atoms with Crippen LogP contribution in [0.25, 0.3) is 0 Å². The van der Waals surface area contributed by atoms with Gasteiger partial charge in [0, 0.05) is 22.3 Å². The van der Waals surface area contributed by atoms with Gasteiger partial charge in [-0.25, -0.2) is 8.78 Å². The molecule has 4 nitrogen and oxygen atoms in total. The standard InChI is InChI=1S/C22H12F2O4/c23-17-5-1-3-15(11-17)21(27)19(25)13-7-9-14(10-8-13)20(26)22(28)16-4-2-6-18(24)12-16/h1-12H. The number of Topliss-reactive ketones (excluding diaryl/α,β-unsaturated/α-hetero) is 4. The molecule has 0 fully saturated rings. The van der Waals surface area contributed by atoms with Gasteiger partial charge in [-0.2, -0.15) is 0 Å². The number of hydrogen-bond acceptors (Lipinski definition) is 4. The van der Waals surface area contributed by atoms with Crippen LogP contribution in [0.2, 0.25) is 0 Å². The Bertz CT molecular complexity index is 1010. The summed E-state index contributed by atoms with van der Waals surface area (Å²) in [5.74, 6) is -4.82. The molecule has 0 heterocycles. The highest BCUT2D eigenvalue weighted by Gasteiger charge is 2.21. The van der Waals surface area contributed by atoms with E-state index in [1.165, 1.54) is 48.5 Å². The quantitative estimate of drug-likeness (QED) is 0.478. The van der Waals surface area contributed by atoms with Gasteiger partial charge in [-0.3, -0.25) is 19.2 Å². The van der Waals surface area contributed by atoms with Gasteiger partial charge in [0.1, 0.15) is 11.6 Å². The molecule has 28 heavy (non-hydrogen) atoms. The van der Waals surface area contributed by atoms with Gasteiger partial charge in [0.15, 0.2) is 0 Å². The monoisotopic (exact) mass is 378 g/mol. The maximum atomic E-state index is 13.2. The third-order valence-electron chi connectivity index (χ3n) is 4.00. The van der Waals surface area contributed by atoms with Crippen molar-refractivity contribution in [2.45, 2.75) is 0 Å². The molecule has 138 valence electrons. The fourth-order valence-corrected chi connectivity index (χ4v) is 2.56. The zero-order chi connectivity index (χ0) is 20.3. The molecule has 0 amide bonds. The van der Waals surface area contributed by atoms with Crippen LogP contribution in [0, 0.1) is 11.6 Å². The largest absolute Gasteiger partial charge is 0.285 e. The number of halogens is 2. The number of benzene rings is 3. The first-order valence-electron chi connectivity index (χ1n) is 8.16. The maximum Gasteiger partial charge on any atom is 0.233 e. The SMILES string of the molecule is O=C(C(=O)c1cccc(F)c1)c1ccc(C(=O)C(=O)c2cccc(F)c2)cc1. The van der Waals surface area contributed by atoms with Crippen molar-refractivity contribution in [3.63, 3.8) is 0 Å². The second-order valence-corrected chi connectivity index (χ2v) is 5.91. The summed E-state index contributed by atoms with van der Waals surface area (Å²) >= 11 is 0. The lowest BCUT2D eigenvalue weighted by molar-refractivity contribution is 0.0814. The van der Waals surface area contributed by atoms with Crippen LogP contribution in [0.5, 0.6) is 0 Å². The minimum absolute atomic E-state index is 0.0102. The van der Waals surface area contributed by atoms with E-state index in [0.29, 0.717) is 0 Å². The molecule has 3 rings (SSSR count). The molecular formula is C22H12F2O4. The summed E-state index contributed by atoms with van der Waals surface area (Å²) in [7, 11) is 0. The zero-order valence-electron chi connectivity index (χ0n) is 14.3. The molecule has 0 saturated carbocycles. The minimum atomic E-state index is -0.894. The lowest BCUT2D eigenvalue weighted by Crippen LogP contribution is -2.17. The topological polar surface area (TPSA) is 68.3 Å². The minimum Gasteiger partial charge on any atom is -0.285 e. The van der Waals surface area contributed by atoms with Crippen molar-refractivity contribution in [3.05, 3.63) is 107 Å². The highest BCUT2D eigenvalue weighted by atomic mass is 19.1. The number of carbonyl (C=O) groups excluding carboxylic acids is 4. The van der Waals surface area contributed by atoms with Gasteiger partial charge in [0.2, 0.25) is 23.1 Å². The summed E-state index contributed by atoms with van der Waals surface area (Å²) in [4.78, 5) is 48.9. The van der Waals surface area contributed by atoms with Crippen LogP contribution in [-0.2, 0) is 0 Å². The first-order chi connectivity index (χ1) is 13.4. The van der Waals surface area contributed by atoms with Gasteiger partial charge < -0.3 is 0 Å². The lowest BCUT2D eigenvalue weighted by Gasteiger charge is -2.04. The number of carbonyl (C=O) groups is 4. The second kappa shape index (κ2) is 7.84. The Hall–Kier alpha value is -3.80. The van der Waals surface area contributed by atoms with Crippen molar-refractivity contribution in [2.24, 2.45) is 0 Å². The Labute approximate surface area is 158 Å². The van der Waals surface area contributed by atoms with E-state index >= 15 is 0 Å². The lowest BCUT2D eigenvalue weighted by atomic mass is 9.97. The zero-order valence-corrected chi connectivity index (χ0v) is 14.3. The molecule has 0 saturated heterocycles. The number of ketones is 4. The molecule has 0 N–H and O–H groups in total. The van der Waals surface area contributed by atoms with E-state index in [9.17, 15) is 28.0 Å². The molecular weight excluding hydrogens is 366 g/mol. The van der Waals surface area contributed by atoms with Crippen molar-refractivity contribution in [1.82, 2.24) is 0 Å². The van der Waals surface area contributed by atoms with Crippen LogP contribution in [0.15, 0.2) is 72.8 Å². The average molecular weight is 378 g/mol. The van der Waals surface area contributed by atoms with Gasteiger partial charge in [0.25, 0.3) is 0 Å². The summed E-state index contributed by atoms with van der Waals surface area (Å²) in [5.41, 5.74) is -0.203. The molecule has 0 atom stereocenters. The van der Waals surface area contributed by atoms with E-state index in [1.54, 1.807) is 0 Å². The van der Waals surface area contributed by atoms with Gasteiger partial charge in [-0.15, -0.1) is 0 Å². The fraction of sp³-hybridized carbons (Fsp3) is 0. The molecule has 0 aliphatic carbocycles. The predicted molar refractivity (Wildman–Crippen MR) is 96.6 cm³/mol. The summed E-state index contributed by atoms with van der Waals surface area (Å²) in [5, 5.41) is 0. The second-order valence-electron chi connectivity index (χ2n) is 5.91. The van der Waals surface area contributed by atoms with E-state index in [-0.39, 0.29) is 22.3 Å². The smallest absolute Gasteiger partial charge is 0.233 e. The van der Waals surface area contributed by atoms with Crippen molar-refractivity contribution < 1.29 is 28.0 Å².